The molecular formula is C16H22FN3O3. The Morgan fingerprint density at radius 1 is 1.17 bits per heavy atom. The van der Waals surface area contributed by atoms with Crippen LogP contribution in [0.3, 0.4) is 0 Å². The minimum absolute atomic E-state index is 0.0582. The number of nitrogens with zero attached hydrogens (tertiary/aromatic N) is 1. The second kappa shape index (κ2) is 7.52. The van der Waals surface area contributed by atoms with E-state index < -0.39 is 17.8 Å². The molecule has 6 nitrogen and oxygen atoms in total. The molecule has 1 aliphatic heterocycles. The van der Waals surface area contributed by atoms with Gasteiger partial charge in [0.15, 0.2) is 0 Å². The fourth-order valence-corrected chi connectivity index (χ4v) is 2.60. The molecule has 1 aliphatic rings. The van der Waals surface area contributed by atoms with E-state index in [1.54, 1.807) is 6.92 Å². The Morgan fingerprint density at radius 3 is 2.30 bits per heavy atom. The highest BCUT2D eigenvalue weighted by Gasteiger charge is 2.29. The Morgan fingerprint density at radius 2 is 1.74 bits per heavy atom. The summed E-state index contributed by atoms with van der Waals surface area (Å²) in [6.45, 7) is 7.02. The summed E-state index contributed by atoms with van der Waals surface area (Å²) in [4.78, 5) is 26.1. The van der Waals surface area contributed by atoms with Gasteiger partial charge in [0.2, 0.25) is 0 Å². The van der Waals surface area contributed by atoms with Gasteiger partial charge in [0.05, 0.1) is 18.2 Å². The maximum absolute atomic E-state index is 12.8. The smallest absolute Gasteiger partial charge is 0.269 e. The number of hydrogen-bond donors (Lipinski definition) is 2. The zero-order valence-electron chi connectivity index (χ0n) is 13.5. The third-order valence-electron chi connectivity index (χ3n) is 3.78. The first kappa shape index (κ1) is 17.4. The number of halogens is 1. The molecule has 1 fully saturated rings. The van der Waals surface area contributed by atoms with Crippen molar-refractivity contribution in [1.29, 1.82) is 0 Å². The summed E-state index contributed by atoms with van der Waals surface area (Å²) < 4.78 is 18.5. The highest BCUT2D eigenvalue weighted by Crippen LogP contribution is 2.13. The van der Waals surface area contributed by atoms with E-state index >= 15 is 0 Å². The number of amides is 2. The molecule has 0 bridgehead atoms. The van der Waals surface area contributed by atoms with Gasteiger partial charge in [-0.05, 0) is 45.0 Å². The van der Waals surface area contributed by atoms with Crippen LogP contribution in [0.2, 0.25) is 0 Å². The van der Waals surface area contributed by atoms with E-state index in [1.165, 1.54) is 24.3 Å². The van der Waals surface area contributed by atoms with Crippen LogP contribution in [-0.2, 0) is 9.53 Å². The second-order valence-corrected chi connectivity index (χ2v) is 5.84. The number of ether oxygens (including phenoxy) is 1. The quantitative estimate of drug-likeness (QED) is 0.817. The molecule has 0 unspecified atom stereocenters. The van der Waals surface area contributed by atoms with Crippen LogP contribution in [0.4, 0.5) is 4.39 Å². The summed E-state index contributed by atoms with van der Waals surface area (Å²) in [6, 6.07) is 4.69. The average molecular weight is 323 g/mol. The van der Waals surface area contributed by atoms with Crippen molar-refractivity contribution >= 4 is 11.8 Å². The maximum Gasteiger partial charge on any atom is 0.269 e. The van der Waals surface area contributed by atoms with E-state index in [0.717, 1.165) is 0 Å². The van der Waals surface area contributed by atoms with Crippen molar-refractivity contribution in [3.05, 3.63) is 35.6 Å². The lowest BCUT2D eigenvalue weighted by Crippen LogP contribution is -2.56. The van der Waals surface area contributed by atoms with Crippen LogP contribution in [0.15, 0.2) is 24.3 Å². The van der Waals surface area contributed by atoms with Gasteiger partial charge in [-0.2, -0.15) is 0 Å². The Kier molecular flexibility index (Phi) is 5.68. The van der Waals surface area contributed by atoms with Gasteiger partial charge >= 0.3 is 0 Å². The zero-order chi connectivity index (χ0) is 17.0. The highest BCUT2D eigenvalue weighted by molar-refractivity contribution is 5.95. The summed E-state index contributed by atoms with van der Waals surface area (Å²) in [5.41, 5.74) is 5.02. The molecule has 0 aromatic heterocycles. The molecule has 2 amide bonds. The molecule has 1 saturated heterocycles. The van der Waals surface area contributed by atoms with Crippen LogP contribution in [0, 0.1) is 5.82 Å². The van der Waals surface area contributed by atoms with Crippen LogP contribution in [-0.4, -0.2) is 48.1 Å². The number of nitrogens with one attached hydrogen (secondary N) is 2. The van der Waals surface area contributed by atoms with Crippen LogP contribution in [0.5, 0.6) is 0 Å². The summed E-state index contributed by atoms with van der Waals surface area (Å²) >= 11 is 0. The Bertz CT molecular complexity index is 554. The number of hydrazine groups is 1. The van der Waals surface area contributed by atoms with E-state index in [0.29, 0.717) is 13.1 Å². The number of morpholine rings is 1. The van der Waals surface area contributed by atoms with E-state index in [-0.39, 0.29) is 23.7 Å². The third kappa shape index (κ3) is 4.74. The molecule has 2 rings (SSSR count). The average Bonchev–Trinajstić information content (AvgIpc) is 2.51. The molecule has 0 aliphatic carbocycles. The lowest BCUT2D eigenvalue weighted by atomic mass is 10.1. The number of carbonyl (C=O) groups excluding carboxylic acids is 2. The van der Waals surface area contributed by atoms with Crippen molar-refractivity contribution < 1.29 is 18.7 Å². The molecule has 1 aromatic carbocycles. The van der Waals surface area contributed by atoms with Crippen molar-refractivity contribution in [3.63, 3.8) is 0 Å². The maximum atomic E-state index is 12.8. The predicted molar refractivity (Wildman–Crippen MR) is 83.1 cm³/mol. The molecule has 2 N–H and O–H groups in total. The number of benzene rings is 1. The lowest BCUT2D eigenvalue weighted by molar-refractivity contribution is -0.132. The Balaban J connectivity index is 1.86. The van der Waals surface area contributed by atoms with Crippen LogP contribution in [0.1, 0.15) is 31.1 Å². The van der Waals surface area contributed by atoms with Gasteiger partial charge in [-0.1, -0.05) is 0 Å². The largest absolute Gasteiger partial charge is 0.373 e. The molecule has 126 valence electrons. The van der Waals surface area contributed by atoms with Crippen molar-refractivity contribution in [2.45, 2.75) is 39.0 Å². The molecule has 3 atom stereocenters. The molecule has 7 heteroatoms. The standard InChI is InChI=1S/C16H22FN3O3/c1-10-8-20(9-11(2)23-10)12(3)15(21)18-19-16(22)13-4-6-14(17)7-5-13/h4-7,10-12H,8-9H2,1-3H3,(H,18,21)(H,19,22)/t10-,11+,12-/m0/s1. The normalized spacial score (nSPS) is 23.1. The molecular weight excluding hydrogens is 301 g/mol. The summed E-state index contributed by atoms with van der Waals surface area (Å²) in [5.74, 6) is -1.22. The SMILES string of the molecule is C[C@@H]1CN([C@@H](C)C(=O)NNC(=O)c2ccc(F)cc2)C[C@H](C)O1. The number of hydrogen-bond acceptors (Lipinski definition) is 4. The zero-order valence-corrected chi connectivity index (χ0v) is 13.5. The molecule has 1 heterocycles. The predicted octanol–water partition coefficient (Wildman–Crippen LogP) is 1.08. The van der Waals surface area contributed by atoms with Crippen molar-refractivity contribution in [2.24, 2.45) is 0 Å². The van der Waals surface area contributed by atoms with Crippen LogP contribution < -0.4 is 10.9 Å². The first-order chi connectivity index (χ1) is 10.9. The van der Waals surface area contributed by atoms with Crippen molar-refractivity contribution in [1.82, 2.24) is 15.8 Å². The van der Waals surface area contributed by atoms with E-state index in [4.69, 9.17) is 4.74 Å². The minimum Gasteiger partial charge on any atom is -0.373 e. The number of carbonyl (C=O) groups is 2. The number of rotatable bonds is 3. The first-order valence-electron chi connectivity index (χ1n) is 7.62. The molecule has 23 heavy (non-hydrogen) atoms. The van der Waals surface area contributed by atoms with Gasteiger partial charge in [0.1, 0.15) is 5.82 Å². The monoisotopic (exact) mass is 323 g/mol. The van der Waals surface area contributed by atoms with Gasteiger partial charge < -0.3 is 4.74 Å². The second-order valence-electron chi connectivity index (χ2n) is 5.84. The van der Waals surface area contributed by atoms with E-state index in [9.17, 15) is 14.0 Å². The van der Waals surface area contributed by atoms with Crippen molar-refractivity contribution in [3.8, 4) is 0 Å². The Hall–Kier alpha value is -1.99. The van der Waals surface area contributed by atoms with E-state index in [1.807, 2.05) is 18.7 Å². The van der Waals surface area contributed by atoms with Gasteiger partial charge in [0.25, 0.3) is 11.8 Å². The van der Waals surface area contributed by atoms with Gasteiger partial charge in [0, 0.05) is 18.7 Å². The van der Waals surface area contributed by atoms with Crippen molar-refractivity contribution in [2.75, 3.05) is 13.1 Å². The van der Waals surface area contributed by atoms with Gasteiger partial charge in [-0.3, -0.25) is 25.3 Å². The molecule has 0 radical (unpaired) electrons. The fourth-order valence-electron chi connectivity index (χ4n) is 2.60. The summed E-state index contributed by atoms with van der Waals surface area (Å²) in [6.07, 6.45) is 0.116. The fraction of sp³-hybridized carbons (Fsp3) is 0.500. The highest BCUT2D eigenvalue weighted by atomic mass is 19.1. The summed E-state index contributed by atoms with van der Waals surface area (Å²) in [7, 11) is 0. The van der Waals surface area contributed by atoms with Crippen LogP contribution >= 0.6 is 0 Å². The molecule has 0 spiro atoms. The van der Waals surface area contributed by atoms with E-state index in [2.05, 4.69) is 10.9 Å². The van der Waals surface area contributed by atoms with Gasteiger partial charge in [-0.25, -0.2) is 4.39 Å². The topological polar surface area (TPSA) is 70.7 Å². The molecule has 1 aromatic rings. The first-order valence-corrected chi connectivity index (χ1v) is 7.62. The third-order valence-corrected chi connectivity index (χ3v) is 3.78. The van der Waals surface area contributed by atoms with Gasteiger partial charge in [-0.15, -0.1) is 0 Å². The van der Waals surface area contributed by atoms with Crippen LogP contribution in [0.25, 0.3) is 0 Å². The Labute approximate surface area is 135 Å². The molecule has 0 saturated carbocycles. The lowest BCUT2D eigenvalue weighted by Gasteiger charge is -2.38. The summed E-state index contributed by atoms with van der Waals surface area (Å²) in [5, 5.41) is 0. The minimum atomic E-state index is -0.491.